The van der Waals surface area contributed by atoms with Crippen molar-refractivity contribution in [2.24, 2.45) is 5.10 Å². The summed E-state index contributed by atoms with van der Waals surface area (Å²) in [5.74, 6) is 1.19. The fraction of sp³-hybridized carbons (Fsp3) is 0.190. The third-order valence-corrected chi connectivity index (χ3v) is 5.85. The van der Waals surface area contributed by atoms with Crippen LogP contribution >= 0.6 is 11.3 Å². The molecule has 0 amide bonds. The maximum Gasteiger partial charge on any atom is 0.222 e. The molecule has 3 heterocycles. The van der Waals surface area contributed by atoms with Crippen molar-refractivity contribution in [3.05, 3.63) is 81.5 Å². The van der Waals surface area contributed by atoms with Crippen molar-refractivity contribution in [3.63, 3.8) is 0 Å². The Morgan fingerprint density at radius 2 is 2.04 bits per heavy atom. The highest BCUT2D eigenvalue weighted by Crippen LogP contribution is 2.48. The first-order chi connectivity index (χ1) is 12.7. The second-order valence-electron chi connectivity index (χ2n) is 6.69. The quantitative estimate of drug-likeness (QED) is 0.697. The number of nitrogens with zero attached hydrogens (tertiary/aromatic N) is 2. The van der Waals surface area contributed by atoms with Crippen LogP contribution in [0.5, 0.6) is 11.5 Å². The van der Waals surface area contributed by atoms with Crippen LogP contribution in [0.2, 0.25) is 0 Å². The second kappa shape index (κ2) is 5.88. The van der Waals surface area contributed by atoms with E-state index in [0.717, 1.165) is 39.4 Å². The van der Waals surface area contributed by atoms with Gasteiger partial charge in [-0.05, 0) is 36.6 Å². The Morgan fingerprint density at radius 3 is 2.88 bits per heavy atom. The smallest absolute Gasteiger partial charge is 0.222 e. The van der Waals surface area contributed by atoms with Crippen molar-refractivity contribution in [2.75, 3.05) is 0 Å². The normalized spacial score (nSPS) is 21.0. The van der Waals surface area contributed by atoms with Gasteiger partial charge in [0.1, 0.15) is 11.5 Å². The molecule has 2 aliphatic heterocycles. The van der Waals surface area contributed by atoms with E-state index in [-0.39, 0.29) is 18.0 Å². The van der Waals surface area contributed by atoms with E-state index in [4.69, 9.17) is 9.84 Å². The molecule has 2 aliphatic rings. The number of aryl methyl sites for hydroxylation is 1. The molecular formula is C21H18N2O2S. The number of thiophene rings is 1. The van der Waals surface area contributed by atoms with Crippen molar-refractivity contribution in [1.29, 1.82) is 0 Å². The number of ether oxygens (including phenoxy) is 1. The first-order valence-corrected chi connectivity index (χ1v) is 9.53. The van der Waals surface area contributed by atoms with Gasteiger partial charge in [-0.3, -0.25) is 0 Å². The molecule has 0 bridgehead atoms. The Bertz CT molecular complexity index is 997. The minimum absolute atomic E-state index is 0.113. The molecule has 2 atom stereocenters. The molecule has 0 saturated heterocycles. The number of aromatic hydroxyl groups is 1. The third kappa shape index (κ3) is 2.39. The molecule has 4 nitrogen and oxygen atoms in total. The number of para-hydroxylation sites is 1. The highest BCUT2D eigenvalue weighted by Gasteiger charge is 2.41. The lowest BCUT2D eigenvalue weighted by Crippen LogP contribution is -2.33. The van der Waals surface area contributed by atoms with E-state index in [2.05, 4.69) is 17.5 Å². The Morgan fingerprint density at radius 1 is 1.15 bits per heavy atom. The van der Waals surface area contributed by atoms with Crippen molar-refractivity contribution in [1.82, 2.24) is 5.01 Å². The third-order valence-electron chi connectivity index (χ3n) is 4.95. The molecule has 3 aromatic rings. The lowest BCUT2D eigenvalue weighted by Gasteiger charge is -2.37. The first kappa shape index (κ1) is 15.5. The van der Waals surface area contributed by atoms with E-state index in [0.29, 0.717) is 0 Å². The predicted molar refractivity (Wildman–Crippen MR) is 103 cm³/mol. The molecular weight excluding hydrogens is 344 g/mol. The molecule has 2 aromatic carbocycles. The summed E-state index contributed by atoms with van der Waals surface area (Å²) in [6.45, 7) is 2.03. The van der Waals surface area contributed by atoms with E-state index >= 15 is 0 Å². The zero-order valence-corrected chi connectivity index (χ0v) is 15.1. The van der Waals surface area contributed by atoms with Crippen LogP contribution in [0.4, 0.5) is 0 Å². The summed E-state index contributed by atoms with van der Waals surface area (Å²) in [5, 5.41) is 19.3. The fourth-order valence-electron chi connectivity index (χ4n) is 3.70. The SMILES string of the molecule is Cc1ccc(O)c(C2=NN3C(C2)c2ccccc2OC3c2cccs2)c1. The second-order valence-corrected chi connectivity index (χ2v) is 7.67. The number of fused-ring (bicyclic) bond motifs is 3. The summed E-state index contributed by atoms with van der Waals surface area (Å²) in [6.07, 6.45) is 0.513. The molecule has 0 saturated carbocycles. The maximum absolute atomic E-state index is 10.3. The molecule has 5 heteroatoms. The summed E-state index contributed by atoms with van der Waals surface area (Å²) in [4.78, 5) is 1.13. The zero-order chi connectivity index (χ0) is 17.7. The van der Waals surface area contributed by atoms with E-state index in [1.807, 2.05) is 48.3 Å². The number of hydrazone groups is 1. The van der Waals surface area contributed by atoms with Gasteiger partial charge in [0.15, 0.2) is 0 Å². The number of phenols is 1. The Kier molecular flexibility index (Phi) is 3.50. The van der Waals surface area contributed by atoms with Crippen LogP contribution in [0.25, 0.3) is 0 Å². The van der Waals surface area contributed by atoms with E-state index < -0.39 is 0 Å². The zero-order valence-electron chi connectivity index (χ0n) is 14.3. The van der Waals surface area contributed by atoms with Crippen molar-refractivity contribution >= 4 is 17.0 Å². The predicted octanol–water partition coefficient (Wildman–Crippen LogP) is 5.00. The molecule has 2 unspecified atom stereocenters. The van der Waals surface area contributed by atoms with Crippen molar-refractivity contribution in [2.45, 2.75) is 25.6 Å². The van der Waals surface area contributed by atoms with Gasteiger partial charge in [0.25, 0.3) is 0 Å². The molecule has 0 radical (unpaired) electrons. The van der Waals surface area contributed by atoms with Crippen LogP contribution in [0.15, 0.2) is 65.1 Å². The minimum Gasteiger partial charge on any atom is -0.507 e. The average molecular weight is 362 g/mol. The minimum atomic E-state index is -0.237. The van der Waals surface area contributed by atoms with Gasteiger partial charge in [0, 0.05) is 17.5 Å². The summed E-state index contributed by atoms with van der Waals surface area (Å²) in [5.41, 5.74) is 3.96. The van der Waals surface area contributed by atoms with Gasteiger partial charge >= 0.3 is 0 Å². The highest BCUT2D eigenvalue weighted by atomic mass is 32.1. The Balaban J connectivity index is 1.62. The summed E-state index contributed by atoms with van der Waals surface area (Å²) in [6, 6.07) is 18.0. The summed E-state index contributed by atoms with van der Waals surface area (Å²) in [7, 11) is 0. The van der Waals surface area contributed by atoms with Gasteiger partial charge < -0.3 is 9.84 Å². The van der Waals surface area contributed by atoms with E-state index in [1.54, 1.807) is 17.4 Å². The number of hydrogen-bond donors (Lipinski definition) is 1. The number of hydrogen-bond acceptors (Lipinski definition) is 5. The number of phenolic OH excluding ortho intramolecular Hbond substituents is 1. The fourth-order valence-corrected chi connectivity index (χ4v) is 4.44. The van der Waals surface area contributed by atoms with Crippen LogP contribution in [-0.4, -0.2) is 15.8 Å². The number of rotatable bonds is 2. The monoisotopic (exact) mass is 362 g/mol. The molecule has 26 heavy (non-hydrogen) atoms. The van der Waals surface area contributed by atoms with Gasteiger partial charge in [-0.2, -0.15) is 5.10 Å². The van der Waals surface area contributed by atoms with Crippen molar-refractivity contribution < 1.29 is 9.84 Å². The van der Waals surface area contributed by atoms with Crippen LogP contribution in [-0.2, 0) is 0 Å². The Labute approximate surface area is 156 Å². The largest absolute Gasteiger partial charge is 0.507 e. The van der Waals surface area contributed by atoms with Gasteiger partial charge in [-0.15, -0.1) is 11.3 Å². The van der Waals surface area contributed by atoms with Gasteiger partial charge in [-0.1, -0.05) is 35.9 Å². The molecule has 130 valence electrons. The lowest BCUT2D eigenvalue weighted by molar-refractivity contribution is -0.0165. The number of benzene rings is 2. The molecule has 0 aliphatic carbocycles. The highest BCUT2D eigenvalue weighted by molar-refractivity contribution is 7.10. The molecule has 5 rings (SSSR count). The van der Waals surface area contributed by atoms with Crippen molar-refractivity contribution in [3.8, 4) is 11.5 Å². The first-order valence-electron chi connectivity index (χ1n) is 8.65. The average Bonchev–Trinajstić information content (AvgIpc) is 3.33. The topological polar surface area (TPSA) is 45.1 Å². The van der Waals surface area contributed by atoms with Gasteiger partial charge in [0.2, 0.25) is 6.23 Å². The molecule has 1 aromatic heterocycles. The maximum atomic E-state index is 10.3. The summed E-state index contributed by atoms with van der Waals surface area (Å²) >= 11 is 1.67. The van der Waals surface area contributed by atoms with Crippen LogP contribution in [0.1, 0.15) is 40.3 Å². The van der Waals surface area contributed by atoms with Gasteiger partial charge in [0.05, 0.1) is 16.6 Å². The standard InChI is InChI=1S/C21H18N2O2S/c1-13-8-9-18(24)15(11-13)16-12-17-14-5-2-3-6-19(14)25-21(23(17)22-16)20-7-4-10-26-20/h2-11,17,21,24H,12H2,1H3. The molecule has 1 N–H and O–H groups in total. The van der Waals surface area contributed by atoms with E-state index in [9.17, 15) is 5.11 Å². The Hall–Kier alpha value is -2.79. The molecule has 0 fully saturated rings. The van der Waals surface area contributed by atoms with Crippen LogP contribution < -0.4 is 4.74 Å². The van der Waals surface area contributed by atoms with Crippen LogP contribution in [0.3, 0.4) is 0 Å². The van der Waals surface area contributed by atoms with Crippen LogP contribution in [0, 0.1) is 6.92 Å². The summed E-state index contributed by atoms with van der Waals surface area (Å²) < 4.78 is 6.30. The molecule has 0 spiro atoms. The lowest BCUT2D eigenvalue weighted by atomic mass is 9.95. The van der Waals surface area contributed by atoms with E-state index in [1.165, 1.54) is 0 Å². The van der Waals surface area contributed by atoms with Gasteiger partial charge in [-0.25, -0.2) is 5.01 Å².